The van der Waals surface area contributed by atoms with Gasteiger partial charge in [0.25, 0.3) is 10.0 Å². The van der Waals surface area contributed by atoms with E-state index < -0.39 is 15.8 Å². The number of benzene rings is 2. The second-order valence-corrected chi connectivity index (χ2v) is 7.68. The molecule has 0 saturated carbocycles. The van der Waals surface area contributed by atoms with Crippen LogP contribution >= 0.6 is 0 Å². The van der Waals surface area contributed by atoms with Gasteiger partial charge in [-0.25, -0.2) is 21.8 Å². The van der Waals surface area contributed by atoms with Crippen LogP contribution in [0.1, 0.15) is 0 Å². The molecule has 4 aromatic rings. The number of halogens is 1. The molecule has 5 nitrogen and oxygen atoms in total. The van der Waals surface area contributed by atoms with E-state index in [2.05, 4.69) is 4.98 Å². The molecule has 0 N–H and O–H groups in total. The Morgan fingerprint density at radius 3 is 2.52 bits per heavy atom. The third-order valence-corrected chi connectivity index (χ3v) is 5.99. The first-order chi connectivity index (χ1) is 13.0. The number of methoxy groups -OCH3 is 1. The third kappa shape index (κ3) is 2.86. The highest BCUT2D eigenvalue weighted by Gasteiger charge is 2.21. The molecule has 2 aromatic carbocycles. The fourth-order valence-corrected chi connectivity index (χ4v) is 4.36. The first-order valence-corrected chi connectivity index (χ1v) is 9.57. The molecule has 0 aliphatic carbocycles. The lowest BCUT2D eigenvalue weighted by molar-refractivity contribution is 0.415. The molecule has 0 unspecified atom stereocenters. The molecule has 7 heteroatoms. The topological polar surface area (TPSA) is 61.2 Å². The van der Waals surface area contributed by atoms with Crippen LogP contribution in [0.4, 0.5) is 4.39 Å². The fraction of sp³-hybridized carbons (Fsp3) is 0.0500. The van der Waals surface area contributed by atoms with Gasteiger partial charge in [0, 0.05) is 23.3 Å². The molecule has 0 saturated heterocycles. The van der Waals surface area contributed by atoms with Gasteiger partial charge in [-0.2, -0.15) is 0 Å². The summed E-state index contributed by atoms with van der Waals surface area (Å²) in [6.07, 6.45) is 2.95. The Hall–Kier alpha value is -3.19. The summed E-state index contributed by atoms with van der Waals surface area (Å²) in [6.45, 7) is 0. The van der Waals surface area contributed by atoms with Crippen LogP contribution in [0.5, 0.6) is 5.75 Å². The molecule has 2 heterocycles. The van der Waals surface area contributed by atoms with Gasteiger partial charge in [0.1, 0.15) is 11.6 Å². The summed E-state index contributed by atoms with van der Waals surface area (Å²) < 4.78 is 46.2. The molecule has 0 atom stereocenters. The molecule has 0 aliphatic heterocycles. The van der Waals surface area contributed by atoms with Crippen molar-refractivity contribution >= 4 is 21.1 Å². The predicted octanol–water partition coefficient (Wildman–Crippen LogP) is 4.09. The predicted molar refractivity (Wildman–Crippen MR) is 101 cm³/mol. The van der Waals surface area contributed by atoms with Gasteiger partial charge < -0.3 is 4.74 Å². The van der Waals surface area contributed by atoms with E-state index in [1.807, 2.05) is 0 Å². The standard InChI is InChI=1S/C20H15FN2O3S/c1-26-19-8-7-14(21)13-18(19)16-9-11-22-20-17(16)10-12-23(20)27(24,25)15-5-3-2-4-6-15/h2-13H,1H3. The van der Waals surface area contributed by atoms with Gasteiger partial charge in [-0.15, -0.1) is 0 Å². The zero-order chi connectivity index (χ0) is 19.0. The maximum absolute atomic E-state index is 13.8. The van der Waals surface area contributed by atoms with E-state index >= 15 is 0 Å². The number of hydrogen-bond acceptors (Lipinski definition) is 4. The van der Waals surface area contributed by atoms with E-state index in [1.54, 1.807) is 30.3 Å². The summed E-state index contributed by atoms with van der Waals surface area (Å²) in [5.41, 5.74) is 1.43. The highest BCUT2D eigenvalue weighted by molar-refractivity contribution is 7.90. The zero-order valence-electron chi connectivity index (χ0n) is 14.3. The first kappa shape index (κ1) is 17.2. The monoisotopic (exact) mass is 382 g/mol. The summed E-state index contributed by atoms with van der Waals surface area (Å²) in [5.74, 6) is 0.0784. The molecular weight excluding hydrogens is 367 g/mol. The maximum atomic E-state index is 13.8. The second-order valence-electron chi connectivity index (χ2n) is 5.87. The molecule has 0 bridgehead atoms. The number of rotatable bonds is 4. The van der Waals surface area contributed by atoms with Crippen LogP contribution in [0, 0.1) is 5.82 Å². The van der Waals surface area contributed by atoms with Gasteiger partial charge in [-0.05, 0) is 48.0 Å². The van der Waals surface area contributed by atoms with Crippen molar-refractivity contribution < 1.29 is 17.5 Å². The van der Waals surface area contributed by atoms with Crippen molar-refractivity contribution in [3.63, 3.8) is 0 Å². The van der Waals surface area contributed by atoms with Gasteiger partial charge in [0.15, 0.2) is 5.65 Å². The van der Waals surface area contributed by atoms with Crippen molar-refractivity contribution in [1.29, 1.82) is 0 Å². The third-order valence-electron chi connectivity index (χ3n) is 4.31. The zero-order valence-corrected chi connectivity index (χ0v) is 15.2. The summed E-state index contributed by atoms with van der Waals surface area (Å²) in [6, 6.07) is 15.7. The lowest BCUT2D eigenvalue weighted by atomic mass is 10.0. The smallest absolute Gasteiger partial charge is 0.269 e. The van der Waals surface area contributed by atoms with Crippen LogP contribution in [0.25, 0.3) is 22.2 Å². The fourth-order valence-electron chi connectivity index (χ4n) is 3.04. The van der Waals surface area contributed by atoms with Crippen molar-refractivity contribution in [2.75, 3.05) is 7.11 Å². The minimum absolute atomic E-state index is 0.165. The highest BCUT2D eigenvalue weighted by Crippen LogP contribution is 2.35. The first-order valence-electron chi connectivity index (χ1n) is 8.13. The second kappa shape index (κ2) is 6.51. The Labute approximate surface area is 155 Å². The van der Waals surface area contributed by atoms with E-state index in [9.17, 15) is 12.8 Å². The van der Waals surface area contributed by atoms with Crippen molar-refractivity contribution in [2.45, 2.75) is 4.90 Å². The van der Waals surface area contributed by atoms with Crippen molar-refractivity contribution in [3.05, 3.63) is 78.9 Å². The van der Waals surface area contributed by atoms with E-state index in [-0.39, 0.29) is 10.5 Å². The summed E-state index contributed by atoms with van der Waals surface area (Å²) in [5, 5.41) is 0.584. The minimum atomic E-state index is -3.80. The Bertz CT molecular complexity index is 1230. The van der Waals surface area contributed by atoms with Gasteiger partial charge in [0.2, 0.25) is 0 Å². The highest BCUT2D eigenvalue weighted by atomic mass is 32.2. The van der Waals surface area contributed by atoms with Gasteiger partial charge >= 0.3 is 0 Å². The maximum Gasteiger partial charge on any atom is 0.269 e. The Morgan fingerprint density at radius 1 is 1.00 bits per heavy atom. The normalized spacial score (nSPS) is 11.6. The number of fused-ring (bicyclic) bond motifs is 1. The van der Waals surface area contributed by atoms with E-state index in [0.717, 1.165) is 3.97 Å². The number of ether oxygens (including phenoxy) is 1. The van der Waals surface area contributed by atoms with Crippen LogP contribution < -0.4 is 4.74 Å². The van der Waals surface area contributed by atoms with Crippen molar-refractivity contribution in [3.8, 4) is 16.9 Å². The molecule has 0 amide bonds. The van der Waals surface area contributed by atoms with Crippen molar-refractivity contribution in [1.82, 2.24) is 8.96 Å². The number of nitrogens with zero attached hydrogens (tertiary/aromatic N) is 2. The molecule has 27 heavy (non-hydrogen) atoms. The van der Waals surface area contributed by atoms with Crippen LogP contribution in [0.2, 0.25) is 0 Å². The number of aromatic nitrogens is 2. The number of hydrogen-bond donors (Lipinski definition) is 0. The Morgan fingerprint density at radius 2 is 1.78 bits per heavy atom. The minimum Gasteiger partial charge on any atom is -0.496 e. The molecule has 0 radical (unpaired) electrons. The molecule has 2 aromatic heterocycles. The average molecular weight is 382 g/mol. The molecule has 4 rings (SSSR count). The summed E-state index contributed by atoms with van der Waals surface area (Å²) in [7, 11) is -2.30. The largest absolute Gasteiger partial charge is 0.496 e. The van der Waals surface area contributed by atoms with Gasteiger partial charge in [0.05, 0.1) is 12.0 Å². The van der Waals surface area contributed by atoms with Gasteiger partial charge in [-0.3, -0.25) is 0 Å². The Kier molecular flexibility index (Phi) is 4.16. The Balaban J connectivity index is 1.96. The molecule has 136 valence electrons. The summed E-state index contributed by atoms with van der Waals surface area (Å²) >= 11 is 0. The van der Waals surface area contributed by atoms with Crippen LogP contribution in [0.15, 0.2) is 78.0 Å². The van der Waals surface area contributed by atoms with Crippen molar-refractivity contribution in [2.24, 2.45) is 0 Å². The van der Waals surface area contributed by atoms with Gasteiger partial charge in [-0.1, -0.05) is 18.2 Å². The molecule has 0 spiro atoms. The van der Waals surface area contributed by atoms with E-state index in [1.165, 1.54) is 49.8 Å². The molecular formula is C20H15FN2O3S. The molecule has 0 fully saturated rings. The van der Waals surface area contributed by atoms with Crippen LogP contribution in [0.3, 0.4) is 0 Å². The lowest BCUT2D eigenvalue weighted by Crippen LogP contribution is -2.12. The van der Waals surface area contributed by atoms with E-state index in [0.29, 0.717) is 22.3 Å². The lowest BCUT2D eigenvalue weighted by Gasteiger charge is -2.11. The molecule has 0 aliphatic rings. The number of pyridine rings is 1. The van der Waals surface area contributed by atoms with E-state index in [4.69, 9.17) is 4.74 Å². The SMILES string of the molecule is COc1ccc(F)cc1-c1ccnc2c1ccn2S(=O)(=O)c1ccccc1. The summed E-state index contributed by atoms with van der Waals surface area (Å²) in [4.78, 5) is 4.41. The average Bonchev–Trinajstić information content (AvgIpc) is 3.13. The van der Waals surface area contributed by atoms with Crippen LogP contribution in [-0.2, 0) is 10.0 Å². The quantitative estimate of drug-likeness (QED) is 0.533. The van der Waals surface area contributed by atoms with Crippen LogP contribution in [-0.4, -0.2) is 24.5 Å².